The first-order chi connectivity index (χ1) is 12.0. The first kappa shape index (κ1) is 17.5. The standard InChI is InChI=1S/C17H19N3O4S/c21-14-6-4-10-20(12-14)25(23,24)15-7-3-5-13(11-15)17(22)19-16-8-1-2-9-18-16/h1-3,5,7-9,11,14,21H,4,6,10,12H2,(H,18,19,22)/t14-/m0/s1. The first-order valence-corrected chi connectivity index (χ1v) is 9.41. The van der Waals surface area contributed by atoms with Crippen LogP contribution < -0.4 is 5.32 Å². The summed E-state index contributed by atoms with van der Waals surface area (Å²) in [5.74, 6) is -0.0469. The van der Waals surface area contributed by atoms with Crippen molar-refractivity contribution in [2.75, 3.05) is 18.4 Å². The summed E-state index contributed by atoms with van der Waals surface area (Å²) in [7, 11) is -3.75. The number of aromatic nitrogens is 1. The van der Waals surface area contributed by atoms with E-state index >= 15 is 0 Å². The van der Waals surface area contributed by atoms with Gasteiger partial charge in [0.05, 0.1) is 11.0 Å². The molecule has 25 heavy (non-hydrogen) atoms. The molecule has 0 spiro atoms. The van der Waals surface area contributed by atoms with E-state index in [4.69, 9.17) is 0 Å². The Kier molecular flexibility index (Phi) is 5.12. The maximum atomic E-state index is 12.7. The van der Waals surface area contributed by atoms with Gasteiger partial charge < -0.3 is 10.4 Å². The van der Waals surface area contributed by atoms with Gasteiger partial charge in [-0.2, -0.15) is 4.31 Å². The van der Waals surface area contributed by atoms with Crippen LogP contribution in [0, 0.1) is 0 Å². The molecule has 0 aliphatic carbocycles. The highest BCUT2D eigenvalue weighted by atomic mass is 32.2. The quantitative estimate of drug-likeness (QED) is 0.859. The number of anilines is 1. The van der Waals surface area contributed by atoms with Crippen LogP contribution in [-0.2, 0) is 10.0 Å². The first-order valence-electron chi connectivity index (χ1n) is 7.97. The highest BCUT2D eigenvalue weighted by molar-refractivity contribution is 7.89. The largest absolute Gasteiger partial charge is 0.392 e. The number of hydrogen-bond acceptors (Lipinski definition) is 5. The van der Waals surface area contributed by atoms with E-state index in [0.717, 1.165) is 0 Å². The van der Waals surface area contributed by atoms with Crippen molar-refractivity contribution >= 4 is 21.7 Å². The lowest BCUT2D eigenvalue weighted by Gasteiger charge is -2.29. The van der Waals surface area contributed by atoms with Crippen LogP contribution in [0.15, 0.2) is 53.6 Å². The van der Waals surface area contributed by atoms with Gasteiger partial charge in [0, 0.05) is 24.8 Å². The molecular weight excluding hydrogens is 342 g/mol. The summed E-state index contributed by atoms with van der Waals surface area (Å²) in [6.07, 6.45) is 2.11. The number of amides is 1. The monoisotopic (exact) mass is 361 g/mol. The molecule has 1 atom stereocenters. The molecule has 0 unspecified atom stereocenters. The van der Waals surface area contributed by atoms with E-state index in [9.17, 15) is 18.3 Å². The van der Waals surface area contributed by atoms with Gasteiger partial charge in [-0.15, -0.1) is 0 Å². The molecule has 7 nitrogen and oxygen atoms in total. The van der Waals surface area contributed by atoms with E-state index < -0.39 is 22.0 Å². The number of carbonyl (C=O) groups excluding carboxylic acids is 1. The zero-order valence-electron chi connectivity index (χ0n) is 13.5. The van der Waals surface area contributed by atoms with E-state index in [1.54, 1.807) is 30.5 Å². The Morgan fingerprint density at radius 1 is 1.24 bits per heavy atom. The summed E-state index contributed by atoms with van der Waals surface area (Å²) in [4.78, 5) is 16.4. The maximum absolute atomic E-state index is 12.7. The van der Waals surface area contributed by atoms with E-state index in [0.29, 0.717) is 25.2 Å². The van der Waals surface area contributed by atoms with E-state index in [1.807, 2.05) is 0 Å². The lowest BCUT2D eigenvalue weighted by Crippen LogP contribution is -2.42. The van der Waals surface area contributed by atoms with Crippen molar-refractivity contribution in [3.63, 3.8) is 0 Å². The molecule has 2 N–H and O–H groups in total. The molecule has 1 saturated heterocycles. The predicted molar refractivity (Wildman–Crippen MR) is 92.6 cm³/mol. The van der Waals surface area contributed by atoms with Crippen LogP contribution in [0.3, 0.4) is 0 Å². The summed E-state index contributed by atoms with van der Waals surface area (Å²) in [6, 6.07) is 11.0. The van der Waals surface area contributed by atoms with Gasteiger partial charge in [0.15, 0.2) is 0 Å². The third-order valence-electron chi connectivity index (χ3n) is 4.00. The van der Waals surface area contributed by atoms with Crippen molar-refractivity contribution in [3.05, 3.63) is 54.2 Å². The number of benzene rings is 1. The van der Waals surface area contributed by atoms with Crippen molar-refractivity contribution in [2.24, 2.45) is 0 Å². The van der Waals surface area contributed by atoms with Crippen molar-refractivity contribution in [1.29, 1.82) is 0 Å². The second kappa shape index (κ2) is 7.30. The lowest BCUT2D eigenvalue weighted by atomic mass is 10.1. The molecule has 1 fully saturated rings. The fourth-order valence-corrected chi connectivity index (χ4v) is 4.27. The predicted octanol–water partition coefficient (Wildman–Crippen LogP) is 1.48. The number of nitrogens with zero attached hydrogens (tertiary/aromatic N) is 2. The van der Waals surface area contributed by atoms with Crippen molar-refractivity contribution in [3.8, 4) is 0 Å². The molecule has 2 aromatic rings. The van der Waals surface area contributed by atoms with Crippen LogP contribution in [0.25, 0.3) is 0 Å². The Morgan fingerprint density at radius 2 is 2.08 bits per heavy atom. The zero-order valence-corrected chi connectivity index (χ0v) is 14.3. The molecule has 0 saturated carbocycles. The van der Waals surface area contributed by atoms with Crippen LogP contribution >= 0.6 is 0 Å². The average molecular weight is 361 g/mol. The number of sulfonamides is 1. The summed E-state index contributed by atoms with van der Waals surface area (Å²) in [5, 5.41) is 12.3. The molecule has 0 radical (unpaired) electrons. The van der Waals surface area contributed by atoms with Gasteiger partial charge in [0.1, 0.15) is 5.82 Å². The fourth-order valence-electron chi connectivity index (χ4n) is 2.71. The molecule has 132 valence electrons. The molecule has 2 heterocycles. The van der Waals surface area contributed by atoms with Crippen LogP contribution in [0.4, 0.5) is 5.82 Å². The number of aliphatic hydroxyl groups excluding tert-OH is 1. The molecule has 1 aliphatic rings. The van der Waals surface area contributed by atoms with Gasteiger partial charge in [-0.3, -0.25) is 4.79 Å². The van der Waals surface area contributed by atoms with Gasteiger partial charge in [0.2, 0.25) is 10.0 Å². The van der Waals surface area contributed by atoms with Crippen molar-refractivity contribution in [1.82, 2.24) is 9.29 Å². The number of piperidine rings is 1. The second-order valence-electron chi connectivity index (χ2n) is 5.86. The van der Waals surface area contributed by atoms with Gasteiger partial charge in [-0.1, -0.05) is 12.1 Å². The third-order valence-corrected chi connectivity index (χ3v) is 5.86. The molecule has 0 bridgehead atoms. The minimum absolute atomic E-state index is 0.0373. The zero-order chi connectivity index (χ0) is 17.9. The van der Waals surface area contributed by atoms with E-state index in [-0.39, 0.29) is 17.0 Å². The lowest BCUT2D eigenvalue weighted by molar-refractivity contribution is 0.102. The van der Waals surface area contributed by atoms with Crippen LogP contribution in [0.1, 0.15) is 23.2 Å². The van der Waals surface area contributed by atoms with Gasteiger partial charge in [-0.05, 0) is 43.2 Å². The molecule has 3 rings (SSSR count). The molecule has 8 heteroatoms. The Bertz CT molecular complexity index is 855. The molecule has 1 amide bonds. The number of rotatable bonds is 4. The molecule has 1 aromatic carbocycles. The molecule has 1 aliphatic heterocycles. The van der Waals surface area contributed by atoms with Gasteiger partial charge in [-0.25, -0.2) is 13.4 Å². The summed E-state index contributed by atoms with van der Waals surface area (Å²) in [6.45, 7) is 0.441. The number of nitrogens with one attached hydrogen (secondary N) is 1. The highest BCUT2D eigenvalue weighted by Gasteiger charge is 2.29. The Hall–Kier alpha value is -2.29. The van der Waals surface area contributed by atoms with E-state index in [1.165, 1.54) is 22.5 Å². The van der Waals surface area contributed by atoms with E-state index in [2.05, 4.69) is 10.3 Å². The Balaban J connectivity index is 1.82. The number of hydrogen-bond donors (Lipinski definition) is 2. The van der Waals surface area contributed by atoms with Crippen molar-refractivity contribution in [2.45, 2.75) is 23.8 Å². The Morgan fingerprint density at radius 3 is 2.80 bits per heavy atom. The molecular formula is C17H19N3O4S. The van der Waals surface area contributed by atoms with Crippen molar-refractivity contribution < 1.29 is 18.3 Å². The second-order valence-corrected chi connectivity index (χ2v) is 7.79. The van der Waals surface area contributed by atoms with Gasteiger partial charge >= 0.3 is 0 Å². The SMILES string of the molecule is O=C(Nc1ccccn1)c1cccc(S(=O)(=O)N2CCC[C@H](O)C2)c1. The molecule has 1 aromatic heterocycles. The third kappa shape index (κ3) is 4.04. The summed E-state index contributed by atoms with van der Waals surface area (Å²) >= 11 is 0. The number of aliphatic hydroxyl groups is 1. The summed E-state index contributed by atoms with van der Waals surface area (Å²) in [5.41, 5.74) is 0.226. The Labute approximate surface area is 146 Å². The number of β-amino-alcohol motifs (C(OH)–C–C–N with tert-alkyl or cyclic N) is 1. The van der Waals surface area contributed by atoms with Crippen LogP contribution in [-0.4, -0.2) is 47.9 Å². The van der Waals surface area contributed by atoms with Crippen LogP contribution in [0.2, 0.25) is 0 Å². The fraction of sp³-hybridized carbons (Fsp3) is 0.294. The average Bonchev–Trinajstić information content (AvgIpc) is 2.62. The minimum atomic E-state index is -3.75. The highest BCUT2D eigenvalue weighted by Crippen LogP contribution is 2.22. The smallest absolute Gasteiger partial charge is 0.256 e. The van der Waals surface area contributed by atoms with Gasteiger partial charge in [0.25, 0.3) is 5.91 Å². The normalized spacial score (nSPS) is 18.7. The number of carbonyl (C=O) groups is 1. The minimum Gasteiger partial charge on any atom is -0.392 e. The maximum Gasteiger partial charge on any atom is 0.256 e. The topological polar surface area (TPSA) is 99.6 Å². The van der Waals surface area contributed by atoms with Crippen LogP contribution in [0.5, 0.6) is 0 Å². The number of pyridine rings is 1. The summed E-state index contributed by atoms with van der Waals surface area (Å²) < 4.78 is 26.7.